The van der Waals surface area contributed by atoms with Gasteiger partial charge in [0.05, 0.1) is 25.7 Å². The second-order valence-electron chi connectivity index (χ2n) is 6.67. The fraction of sp³-hybridized carbons (Fsp3) is 0.0500. The minimum Gasteiger partial charge on any atom is -0.455 e. The molecule has 0 saturated heterocycles. The van der Waals surface area contributed by atoms with E-state index in [0.717, 1.165) is 18.2 Å². The van der Waals surface area contributed by atoms with Gasteiger partial charge in [-0.05, 0) is 42.5 Å². The van der Waals surface area contributed by atoms with Crippen LogP contribution in [0, 0.1) is 0 Å². The third kappa shape index (κ3) is 6.63. The van der Waals surface area contributed by atoms with Gasteiger partial charge in [0, 0.05) is 11.8 Å². The number of rotatable bonds is 5. The van der Waals surface area contributed by atoms with Gasteiger partial charge in [0.15, 0.2) is 5.75 Å². The van der Waals surface area contributed by atoms with Crippen LogP contribution in [-0.4, -0.2) is 19.0 Å². The Kier molecular flexibility index (Phi) is 7.99. The summed E-state index contributed by atoms with van der Waals surface area (Å²) in [6, 6.07) is 7.72. The number of halogens is 7. The quantitative estimate of drug-likeness (QED) is 0.261. The predicted octanol–water partition coefficient (Wildman–Crippen LogP) is 8.00. The number of alkyl halides is 3. The molecule has 3 aromatic carbocycles. The topological polar surface area (TPSA) is 105 Å². The van der Waals surface area contributed by atoms with Gasteiger partial charge in [-0.25, -0.2) is 4.79 Å². The molecule has 0 unspecified atom stereocenters. The Labute approximate surface area is 216 Å². The van der Waals surface area contributed by atoms with Gasteiger partial charge in [-0.2, -0.15) is 21.6 Å². The van der Waals surface area contributed by atoms with Crippen molar-refractivity contribution < 1.29 is 35.7 Å². The van der Waals surface area contributed by atoms with Crippen LogP contribution in [0.4, 0.5) is 29.3 Å². The van der Waals surface area contributed by atoms with Crippen molar-refractivity contribution in [3.8, 4) is 11.5 Å². The molecule has 0 heterocycles. The molecule has 0 spiro atoms. The fourth-order valence-corrected chi connectivity index (χ4v) is 4.45. The van der Waals surface area contributed by atoms with Gasteiger partial charge < -0.3 is 15.4 Å². The van der Waals surface area contributed by atoms with Crippen molar-refractivity contribution >= 4 is 73.9 Å². The van der Waals surface area contributed by atoms with E-state index in [1.807, 2.05) is 0 Å². The third-order valence-electron chi connectivity index (χ3n) is 4.22. The molecule has 0 aliphatic rings. The fourth-order valence-electron chi connectivity index (χ4n) is 2.76. The van der Waals surface area contributed by atoms with E-state index in [1.54, 1.807) is 0 Å². The summed E-state index contributed by atoms with van der Waals surface area (Å²) in [7, 11) is -5.01. The monoisotopic (exact) mass is 588 g/mol. The molecule has 0 saturated carbocycles. The maximum Gasteiger partial charge on any atom is 0.417 e. The Bertz CT molecular complexity index is 1420. The first-order valence-corrected chi connectivity index (χ1v) is 12.0. The lowest BCUT2D eigenvalue weighted by Gasteiger charge is -2.17. The lowest BCUT2D eigenvalue weighted by atomic mass is 10.2. The average Bonchev–Trinajstić information content (AvgIpc) is 2.72. The summed E-state index contributed by atoms with van der Waals surface area (Å²) in [6.07, 6.45) is -4.79. The molecule has 186 valence electrons. The Morgan fingerprint density at radius 1 is 0.857 bits per heavy atom. The van der Waals surface area contributed by atoms with Crippen molar-refractivity contribution in [2.24, 2.45) is 0 Å². The second kappa shape index (κ2) is 10.3. The Balaban J connectivity index is 2.00. The number of nitrogens with one attached hydrogen (secondary N) is 2. The number of carbonyl (C=O) groups is 1. The summed E-state index contributed by atoms with van der Waals surface area (Å²) < 4.78 is 78.5. The number of amides is 2. The second-order valence-corrected chi connectivity index (χ2v) is 9.66. The van der Waals surface area contributed by atoms with E-state index in [9.17, 15) is 30.9 Å². The molecule has 0 aromatic heterocycles. The standard InChI is InChI=1S/C20H11Cl4F3N2O5S/c21-12-3-1-9(7-11(12)20(25,26)27)28-19(30)29-17-16(6-5-14(23)18(17)35(31,32)33)34-10-2-4-13(22)15(24)8-10/h1-8H,(H2,28,29,30)(H,31,32,33). The molecule has 0 aliphatic carbocycles. The number of carbonyl (C=O) groups excluding carboxylic acids is 1. The number of urea groups is 1. The first-order chi connectivity index (χ1) is 16.2. The lowest BCUT2D eigenvalue weighted by molar-refractivity contribution is -0.137. The predicted molar refractivity (Wildman–Crippen MR) is 127 cm³/mol. The summed E-state index contributed by atoms with van der Waals surface area (Å²) in [5, 5.41) is 3.47. The summed E-state index contributed by atoms with van der Waals surface area (Å²) in [5.41, 5.74) is -2.13. The molecule has 3 aromatic rings. The molecule has 0 fully saturated rings. The van der Waals surface area contributed by atoms with Crippen molar-refractivity contribution in [2.75, 3.05) is 10.6 Å². The van der Waals surface area contributed by atoms with E-state index in [-0.39, 0.29) is 27.2 Å². The van der Waals surface area contributed by atoms with Crippen molar-refractivity contribution in [1.29, 1.82) is 0 Å². The van der Waals surface area contributed by atoms with Crippen LogP contribution >= 0.6 is 46.4 Å². The highest BCUT2D eigenvalue weighted by molar-refractivity contribution is 7.86. The largest absolute Gasteiger partial charge is 0.455 e. The molecular weight excluding hydrogens is 579 g/mol. The van der Waals surface area contributed by atoms with Gasteiger partial charge in [-0.1, -0.05) is 46.4 Å². The zero-order valence-electron chi connectivity index (χ0n) is 16.8. The number of benzene rings is 3. The van der Waals surface area contributed by atoms with Crippen molar-refractivity contribution in [1.82, 2.24) is 0 Å². The maximum atomic E-state index is 13.1. The molecule has 0 radical (unpaired) electrons. The minimum absolute atomic E-state index is 0.0685. The summed E-state index contributed by atoms with van der Waals surface area (Å²) >= 11 is 23.3. The van der Waals surface area contributed by atoms with Crippen LogP contribution in [0.15, 0.2) is 53.4 Å². The first-order valence-electron chi connectivity index (χ1n) is 9.04. The Morgan fingerprint density at radius 3 is 2.09 bits per heavy atom. The number of hydrogen-bond acceptors (Lipinski definition) is 4. The lowest BCUT2D eigenvalue weighted by Crippen LogP contribution is -2.22. The van der Waals surface area contributed by atoms with Crippen LogP contribution in [0.25, 0.3) is 0 Å². The zero-order chi connectivity index (χ0) is 26.1. The van der Waals surface area contributed by atoms with Crippen LogP contribution in [0.3, 0.4) is 0 Å². The molecule has 0 bridgehead atoms. The molecule has 35 heavy (non-hydrogen) atoms. The highest BCUT2D eigenvalue weighted by atomic mass is 35.5. The number of hydrogen-bond donors (Lipinski definition) is 3. The van der Waals surface area contributed by atoms with Gasteiger partial charge in [-0.15, -0.1) is 0 Å². The van der Waals surface area contributed by atoms with E-state index in [1.165, 1.54) is 24.3 Å². The molecule has 3 N–H and O–H groups in total. The smallest absolute Gasteiger partial charge is 0.417 e. The van der Waals surface area contributed by atoms with Crippen LogP contribution in [0.1, 0.15) is 5.56 Å². The molecule has 15 heteroatoms. The van der Waals surface area contributed by atoms with Crippen LogP contribution < -0.4 is 15.4 Å². The summed E-state index contributed by atoms with van der Waals surface area (Å²) in [6.45, 7) is 0. The van der Waals surface area contributed by atoms with Crippen molar-refractivity contribution in [3.05, 3.63) is 74.2 Å². The van der Waals surface area contributed by atoms with E-state index >= 15 is 0 Å². The minimum atomic E-state index is -5.01. The third-order valence-corrected chi connectivity index (χ3v) is 6.65. The maximum absolute atomic E-state index is 13.1. The van der Waals surface area contributed by atoms with Crippen LogP contribution in [-0.2, 0) is 16.3 Å². The van der Waals surface area contributed by atoms with Crippen LogP contribution in [0.2, 0.25) is 20.1 Å². The van der Waals surface area contributed by atoms with Gasteiger partial charge >= 0.3 is 12.2 Å². The van der Waals surface area contributed by atoms with Gasteiger partial charge in [0.2, 0.25) is 0 Å². The molecule has 3 rings (SSSR count). The van der Waals surface area contributed by atoms with Crippen molar-refractivity contribution in [3.63, 3.8) is 0 Å². The Hall–Kier alpha value is -2.41. The summed E-state index contributed by atoms with van der Waals surface area (Å²) in [5.74, 6) is -0.235. The van der Waals surface area contributed by atoms with Gasteiger partial charge in [0.25, 0.3) is 10.1 Å². The summed E-state index contributed by atoms with van der Waals surface area (Å²) in [4.78, 5) is 11.7. The molecule has 0 aliphatic heterocycles. The first kappa shape index (κ1) is 27.2. The van der Waals surface area contributed by atoms with Gasteiger partial charge in [-0.3, -0.25) is 4.55 Å². The highest BCUT2D eigenvalue weighted by Gasteiger charge is 2.33. The molecule has 0 atom stereocenters. The zero-order valence-corrected chi connectivity index (χ0v) is 20.6. The normalized spacial score (nSPS) is 11.8. The molecule has 7 nitrogen and oxygen atoms in total. The molecule has 2 amide bonds. The Morgan fingerprint density at radius 2 is 1.49 bits per heavy atom. The number of anilines is 2. The van der Waals surface area contributed by atoms with E-state index in [2.05, 4.69) is 10.6 Å². The number of ether oxygens (including phenoxy) is 1. The highest BCUT2D eigenvalue weighted by Crippen LogP contribution is 2.41. The van der Waals surface area contributed by atoms with E-state index < -0.39 is 48.5 Å². The molecular formula is C20H11Cl4F3N2O5S. The van der Waals surface area contributed by atoms with Crippen LogP contribution in [0.5, 0.6) is 11.5 Å². The van der Waals surface area contributed by atoms with Crippen molar-refractivity contribution in [2.45, 2.75) is 11.1 Å². The SMILES string of the molecule is O=C(Nc1ccc(Cl)c(C(F)(F)F)c1)Nc1c(Oc2ccc(Cl)c(Cl)c2)ccc(Cl)c1S(=O)(=O)O. The van der Waals surface area contributed by atoms with Gasteiger partial charge in [0.1, 0.15) is 16.3 Å². The van der Waals surface area contributed by atoms with E-state index in [4.69, 9.17) is 51.1 Å². The van der Waals surface area contributed by atoms with E-state index in [0.29, 0.717) is 6.07 Å². The average molecular weight is 590 g/mol.